The lowest BCUT2D eigenvalue weighted by Crippen LogP contribution is -2.24. The molecule has 170 valence electrons. The third-order valence-electron chi connectivity index (χ3n) is 6.74. The van der Waals surface area contributed by atoms with Gasteiger partial charge in [-0.15, -0.1) is 0 Å². The molecule has 5 nitrogen and oxygen atoms in total. The predicted molar refractivity (Wildman–Crippen MR) is 129 cm³/mol. The highest BCUT2D eigenvalue weighted by atomic mass is 16.5. The molecule has 0 aromatic heterocycles. The van der Waals surface area contributed by atoms with Crippen LogP contribution in [0.4, 0.5) is 5.69 Å². The van der Waals surface area contributed by atoms with Crippen LogP contribution in [-0.2, 0) is 17.8 Å². The number of hydrogen-bond donors (Lipinski definition) is 1. The van der Waals surface area contributed by atoms with E-state index in [9.17, 15) is 10.0 Å². The molecule has 1 saturated carbocycles. The van der Waals surface area contributed by atoms with E-state index in [-0.39, 0.29) is 6.04 Å². The normalized spacial score (nSPS) is 17.8. The van der Waals surface area contributed by atoms with Gasteiger partial charge in [-0.2, -0.15) is 0 Å². The van der Waals surface area contributed by atoms with E-state index in [4.69, 9.17) is 5.11 Å². The number of hydrogen-bond acceptors (Lipinski definition) is 4. The van der Waals surface area contributed by atoms with Gasteiger partial charge in [0, 0.05) is 37.4 Å². The molecule has 1 atom stereocenters. The Morgan fingerprint density at radius 2 is 1.94 bits per heavy atom. The summed E-state index contributed by atoms with van der Waals surface area (Å²) >= 11 is 0. The second kappa shape index (κ2) is 10.3. The topological polar surface area (TPSA) is 66.8 Å². The summed E-state index contributed by atoms with van der Waals surface area (Å²) in [5.41, 5.74) is 5.34. The number of carboxylic acid groups (broad SMARTS) is 1. The van der Waals surface area contributed by atoms with Gasteiger partial charge in [0.15, 0.2) is 0 Å². The molecule has 1 unspecified atom stereocenters. The van der Waals surface area contributed by atoms with Crippen LogP contribution >= 0.6 is 0 Å². The van der Waals surface area contributed by atoms with Gasteiger partial charge in [-0.05, 0) is 79.0 Å². The van der Waals surface area contributed by atoms with Gasteiger partial charge in [0.1, 0.15) is 0 Å². The van der Waals surface area contributed by atoms with Crippen LogP contribution in [0.5, 0.6) is 0 Å². The van der Waals surface area contributed by atoms with Crippen molar-refractivity contribution in [2.24, 2.45) is 5.92 Å². The van der Waals surface area contributed by atoms with Crippen molar-refractivity contribution in [2.45, 2.75) is 58.0 Å². The van der Waals surface area contributed by atoms with Crippen LogP contribution in [0.1, 0.15) is 67.3 Å². The first-order valence-electron chi connectivity index (χ1n) is 11.8. The second-order valence-corrected chi connectivity index (χ2v) is 9.09. The standard InChI is InChI=1S/C27H33N2O3/c1-2-28(17-3-4-20-5-6-20)24-12-7-22(8-13-24)19-29(32)26-15-11-23-18-21(9-14-25(23)26)10-16-27(30)31/h7-10,12-14,16,18,20,26H,2-6,11,15,17,19H2,1H3,(H,30,31)/q-1/b16-10+. The average Bonchev–Trinajstić information content (AvgIpc) is 3.52. The lowest BCUT2D eigenvalue weighted by molar-refractivity contribution is -0.131. The molecule has 2 aliphatic rings. The maximum atomic E-state index is 13.0. The van der Waals surface area contributed by atoms with Crippen molar-refractivity contribution in [3.63, 3.8) is 0 Å². The molecule has 2 aliphatic carbocycles. The van der Waals surface area contributed by atoms with E-state index in [0.717, 1.165) is 60.2 Å². The highest BCUT2D eigenvalue weighted by molar-refractivity contribution is 5.85. The first-order chi connectivity index (χ1) is 15.5. The number of aryl methyl sites for hydroxylation is 1. The molecule has 1 fully saturated rings. The molecule has 1 N–H and O–H groups in total. The summed E-state index contributed by atoms with van der Waals surface area (Å²) in [6.45, 7) is 4.67. The molecule has 0 saturated heterocycles. The second-order valence-electron chi connectivity index (χ2n) is 9.09. The minimum atomic E-state index is -0.958. The van der Waals surface area contributed by atoms with Crippen LogP contribution in [0.2, 0.25) is 0 Å². The molecule has 0 spiro atoms. The van der Waals surface area contributed by atoms with Gasteiger partial charge < -0.3 is 20.3 Å². The van der Waals surface area contributed by atoms with Crippen molar-refractivity contribution in [2.75, 3.05) is 18.0 Å². The summed E-state index contributed by atoms with van der Waals surface area (Å²) in [7, 11) is 0. The largest absolute Gasteiger partial charge is 0.784 e. The highest BCUT2D eigenvalue weighted by Crippen LogP contribution is 2.37. The van der Waals surface area contributed by atoms with Crippen molar-refractivity contribution in [3.8, 4) is 0 Å². The monoisotopic (exact) mass is 433 g/mol. The predicted octanol–water partition coefficient (Wildman–Crippen LogP) is 5.79. The zero-order valence-corrected chi connectivity index (χ0v) is 18.9. The zero-order valence-electron chi connectivity index (χ0n) is 18.9. The van der Waals surface area contributed by atoms with Gasteiger partial charge in [-0.3, -0.25) is 0 Å². The average molecular weight is 434 g/mol. The molecular weight excluding hydrogens is 400 g/mol. The van der Waals surface area contributed by atoms with Crippen LogP contribution in [0.15, 0.2) is 48.5 Å². The van der Waals surface area contributed by atoms with Crippen molar-refractivity contribution < 1.29 is 9.90 Å². The molecule has 0 bridgehead atoms. The van der Waals surface area contributed by atoms with Crippen molar-refractivity contribution in [3.05, 3.63) is 76.0 Å². The number of hydroxylamine groups is 2. The van der Waals surface area contributed by atoms with E-state index >= 15 is 0 Å². The summed E-state index contributed by atoms with van der Waals surface area (Å²) in [5, 5.41) is 23.0. The number of anilines is 1. The molecule has 0 amide bonds. The van der Waals surface area contributed by atoms with Crippen LogP contribution < -0.4 is 4.90 Å². The smallest absolute Gasteiger partial charge is 0.328 e. The Balaban J connectivity index is 1.35. The molecule has 0 aliphatic heterocycles. The molecule has 4 rings (SSSR count). The van der Waals surface area contributed by atoms with Crippen molar-refractivity contribution in [1.82, 2.24) is 5.06 Å². The molecule has 0 heterocycles. The Morgan fingerprint density at radius 3 is 2.62 bits per heavy atom. The number of aliphatic carboxylic acids is 1. The fourth-order valence-corrected chi connectivity index (χ4v) is 4.73. The van der Waals surface area contributed by atoms with Gasteiger partial charge >= 0.3 is 5.97 Å². The van der Waals surface area contributed by atoms with E-state index in [2.05, 4.69) is 36.1 Å². The third kappa shape index (κ3) is 5.78. The van der Waals surface area contributed by atoms with Crippen LogP contribution in [0.3, 0.4) is 0 Å². The van der Waals surface area contributed by atoms with Crippen molar-refractivity contribution >= 4 is 17.7 Å². The Hall–Kier alpha value is -2.63. The Labute approximate surface area is 190 Å². The lowest BCUT2D eigenvalue weighted by atomic mass is 10.0. The number of fused-ring (bicyclic) bond motifs is 1. The number of benzene rings is 2. The van der Waals surface area contributed by atoms with E-state index in [1.807, 2.05) is 18.2 Å². The summed E-state index contributed by atoms with van der Waals surface area (Å²) < 4.78 is 0. The fourth-order valence-electron chi connectivity index (χ4n) is 4.73. The molecule has 2 aromatic carbocycles. The Kier molecular flexibility index (Phi) is 7.28. The van der Waals surface area contributed by atoms with Crippen molar-refractivity contribution in [1.29, 1.82) is 0 Å². The summed E-state index contributed by atoms with van der Waals surface area (Å²) in [6, 6.07) is 14.2. The van der Waals surface area contributed by atoms with E-state index in [1.54, 1.807) is 6.08 Å². The number of nitrogens with zero attached hydrogens (tertiary/aromatic N) is 2. The van der Waals surface area contributed by atoms with Gasteiger partial charge in [-0.1, -0.05) is 43.2 Å². The van der Waals surface area contributed by atoms with Crippen LogP contribution in [0, 0.1) is 11.1 Å². The summed E-state index contributed by atoms with van der Waals surface area (Å²) in [6.07, 6.45) is 9.82. The summed E-state index contributed by atoms with van der Waals surface area (Å²) in [5.74, 6) is 0.0214. The van der Waals surface area contributed by atoms with Crippen LogP contribution in [0.25, 0.3) is 6.08 Å². The van der Waals surface area contributed by atoms with Crippen LogP contribution in [-0.4, -0.2) is 29.2 Å². The van der Waals surface area contributed by atoms with Gasteiger partial charge in [0.05, 0.1) is 0 Å². The molecule has 2 aromatic rings. The lowest BCUT2D eigenvalue weighted by Gasteiger charge is -2.35. The fraction of sp³-hybridized carbons (Fsp3) is 0.444. The first kappa shape index (κ1) is 22.6. The van der Waals surface area contributed by atoms with Gasteiger partial charge in [-0.25, -0.2) is 4.79 Å². The molecule has 32 heavy (non-hydrogen) atoms. The SMILES string of the molecule is CCN(CCCC1CC1)c1ccc(CN([O-])C2CCc3cc(/C=C/C(=O)O)ccc32)cc1. The number of rotatable bonds is 11. The minimum Gasteiger partial charge on any atom is -0.784 e. The minimum absolute atomic E-state index is 0.142. The maximum absolute atomic E-state index is 13.0. The maximum Gasteiger partial charge on any atom is 0.328 e. The Bertz CT molecular complexity index is 950. The Morgan fingerprint density at radius 1 is 1.16 bits per heavy atom. The zero-order chi connectivity index (χ0) is 22.5. The summed E-state index contributed by atoms with van der Waals surface area (Å²) in [4.78, 5) is 13.2. The quantitative estimate of drug-likeness (QED) is 0.359. The number of carboxylic acids is 1. The third-order valence-corrected chi connectivity index (χ3v) is 6.74. The first-order valence-corrected chi connectivity index (χ1v) is 11.8. The van der Waals surface area contributed by atoms with E-state index < -0.39 is 5.97 Å². The van der Waals surface area contributed by atoms with Gasteiger partial charge in [0.25, 0.3) is 0 Å². The highest BCUT2D eigenvalue weighted by Gasteiger charge is 2.24. The van der Waals surface area contributed by atoms with Gasteiger partial charge in [0.2, 0.25) is 0 Å². The number of carbonyl (C=O) groups is 1. The molecule has 5 heteroatoms. The van der Waals surface area contributed by atoms with E-state index in [1.165, 1.54) is 36.4 Å². The molecule has 0 radical (unpaired) electrons. The molecular formula is C27H33N2O3-. The van der Waals surface area contributed by atoms with E-state index in [0.29, 0.717) is 6.54 Å².